The standard InChI is InChI=1S/C13H13NO4/c1-17-13(16)8-11-7-12(15)14(11)18-9-10-5-3-2-4-6-10/h2-7H,8-9H2,1H3. The molecule has 0 radical (unpaired) electrons. The van der Waals surface area contributed by atoms with Crippen LogP contribution >= 0.6 is 0 Å². The lowest BCUT2D eigenvalue weighted by Gasteiger charge is -2.29. The van der Waals surface area contributed by atoms with Crippen molar-refractivity contribution in [2.75, 3.05) is 7.11 Å². The number of ether oxygens (including phenoxy) is 1. The molecule has 1 aromatic carbocycles. The quantitative estimate of drug-likeness (QED) is 0.738. The van der Waals surface area contributed by atoms with Crippen molar-refractivity contribution in [3.63, 3.8) is 0 Å². The van der Waals surface area contributed by atoms with Crippen LogP contribution in [0.2, 0.25) is 0 Å². The fourth-order valence-electron chi connectivity index (χ4n) is 1.54. The number of methoxy groups -OCH3 is 1. The highest BCUT2D eigenvalue weighted by molar-refractivity contribution is 5.96. The monoisotopic (exact) mass is 247 g/mol. The van der Waals surface area contributed by atoms with E-state index in [-0.39, 0.29) is 18.9 Å². The van der Waals surface area contributed by atoms with Crippen LogP contribution in [0.15, 0.2) is 42.1 Å². The summed E-state index contributed by atoms with van der Waals surface area (Å²) < 4.78 is 4.53. The zero-order valence-electron chi connectivity index (χ0n) is 9.96. The molecule has 0 unspecified atom stereocenters. The van der Waals surface area contributed by atoms with Gasteiger partial charge in [-0.2, -0.15) is 5.06 Å². The van der Waals surface area contributed by atoms with Gasteiger partial charge in [0.25, 0.3) is 5.91 Å². The Morgan fingerprint density at radius 2 is 2.00 bits per heavy atom. The van der Waals surface area contributed by atoms with Crippen LogP contribution in [0.4, 0.5) is 0 Å². The van der Waals surface area contributed by atoms with E-state index < -0.39 is 5.97 Å². The van der Waals surface area contributed by atoms with Crippen LogP contribution in [0.25, 0.3) is 0 Å². The third-order valence-corrected chi connectivity index (χ3v) is 2.51. The zero-order valence-corrected chi connectivity index (χ0v) is 9.96. The molecule has 0 saturated carbocycles. The summed E-state index contributed by atoms with van der Waals surface area (Å²) in [5.74, 6) is -0.660. The molecule has 0 bridgehead atoms. The maximum atomic E-state index is 11.3. The van der Waals surface area contributed by atoms with Crippen molar-refractivity contribution < 1.29 is 19.2 Å². The lowest BCUT2D eigenvalue weighted by Crippen LogP contribution is -2.38. The van der Waals surface area contributed by atoms with Crippen LogP contribution in [-0.2, 0) is 25.8 Å². The Kier molecular flexibility index (Phi) is 3.74. The molecule has 0 saturated heterocycles. The van der Waals surface area contributed by atoms with E-state index in [9.17, 15) is 9.59 Å². The van der Waals surface area contributed by atoms with Gasteiger partial charge in [-0.15, -0.1) is 0 Å². The number of rotatable bonds is 5. The lowest BCUT2D eigenvalue weighted by molar-refractivity contribution is -0.183. The second-order valence-corrected chi connectivity index (χ2v) is 3.78. The van der Waals surface area contributed by atoms with Crippen molar-refractivity contribution in [2.45, 2.75) is 13.0 Å². The van der Waals surface area contributed by atoms with Gasteiger partial charge in [0, 0.05) is 6.08 Å². The van der Waals surface area contributed by atoms with Crippen molar-refractivity contribution in [1.82, 2.24) is 5.06 Å². The van der Waals surface area contributed by atoms with Crippen LogP contribution in [0, 0.1) is 0 Å². The summed E-state index contributed by atoms with van der Waals surface area (Å²) in [5.41, 5.74) is 1.47. The molecule has 2 rings (SSSR count). The summed E-state index contributed by atoms with van der Waals surface area (Å²) in [6, 6.07) is 9.48. The van der Waals surface area contributed by atoms with Gasteiger partial charge in [0.05, 0.1) is 19.2 Å². The SMILES string of the molecule is COC(=O)CC1=CC(=O)N1OCc1ccccc1. The lowest BCUT2D eigenvalue weighted by atomic mass is 10.2. The molecule has 1 aliphatic heterocycles. The van der Waals surface area contributed by atoms with Crippen LogP contribution in [0.3, 0.4) is 0 Å². The predicted octanol–water partition coefficient (Wildman–Crippen LogP) is 1.41. The Morgan fingerprint density at radius 3 is 2.61 bits per heavy atom. The summed E-state index contributed by atoms with van der Waals surface area (Å²) in [5, 5.41) is 1.13. The van der Waals surface area contributed by atoms with E-state index in [1.807, 2.05) is 30.3 Å². The largest absolute Gasteiger partial charge is 0.469 e. The minimum Gasteiger partial charge on any atom is -0.469 e. The summed E-state index contributed by atoms with van der Waals surface area (Å²) >= 11 is 0. The predicted molar refractivity (Wildman–Crippen MR) is 62.8 cm³/mol. The van der Waals surface area contributed by atoms with Crippen LogP contribution in [-0.4, -0.2) is 24.0 Å². The van der Waals surface area contributed by atoms with Gasteiger partial charge in [0.1, 0.15) is 6.61 Å². The van der Waals surface area contributed by atoms with E-state index in [0.717, 1.165) is 10.6 Å². The molecule has 1 aromatic rings. The molecule has 0 fully saturated rings. The minimum atomic E-state index is -0.401. The molecule has 1 amide bonds. The number of esters is 1. The molecule has 0 N–H and O–H groups in total. The normalized spacial score (nSPS) is 13.9. The van der Waals surface area contributed by atoms with E-state index in [1.54, 1.807) is 0 Å². The molecule has 1 aliphatic rings. The third kappa shape index (κ3) is 2.75. The Balaban J connectivity index is 1.88. The second kappa shape index (κ2) is 5.46. The van der Waals surface area contributed by atoms with Crippen molar-refractivity contribution >= 4 is 11.9 Å². The van der Waals surface area contributed by atoms with Gasteiger partial charge in [-0.25, -0.2) is 0 Å². The average Bonchev–Trinajstić information content (AvgIpc) is 2.39. The summed E-state index contributed by atoms with van der Waals surface area (Å²) in [7, 11) is 1.30. The summed E-state index contributed by atoms with van der Waals surface area (Å²) in [4.78, 5) is 27.7. The van der Waals surface area contributed by atoms with Crippen molar-refractivity contribution in [1.29, 1.82) is 0 Å². The molecule has 18 heavy (non-hydrogen) atoms. The zero-order chi connectivity index (χ0) is 13.0. The van der Waals surface area contributed by atoms with Gasteiger partial charge in [-0.05, 0) is 5.56 Å². The number of hydrogen-bond donors (Lipinski definition) is 0. The highest BCUT2D eigenvalue weighted by atomic mass is 16.7. The number of benzene rings is 1. The van der Waals surface area contributed by atoms with E-state index in [0.29, 0.717) is 5.70 Å². The fraction of sp³-hybridized carbons (Fsp3) is 0.231. The Hall–Kier alpha value is -2.14. The molecule has 0 atom stereocenters. The molecular weight excluding hydrogens is 234 g/mol. The smallest absolute Gasteiger partial charge is 0.311 e. The van der Waals surface area contributed by atoms with Crippen LogP contribution in [0.5, 0.6) is 0 Å². The number of carbonyl (C=O) groups is 2. The molecule has 0 aromatic heterocycles. The Bertz CT molecular complexity index is 481. The Morgan fingerprint density at radius 1 is 1.28 bits per heavy atom. The number of hydroxylamine groups is 2. The van der Waals surface area contributed by atoms with E-state index in [1.165, 1.54) is 13.2 Å². The fourth-order valence-corrected chi connectivity index (χ4v) is 1.54. The van der Waals surface area contributed by atoms with E-state index in [4.69, 9.17) is 4.84 Å². The maximum absolute atomic E-state index is 11.3. The first-order valence-corrected chi connectivity index (χ1v) is 5.49. The number of amides is 1. The van der Waals surface area contributed by atoms with Gasteiger partial charge in [-0.3, -0.25) is 14.4 Å². The molecule has 5 heteroatoms. The van der Waals surface area contributed by atoms with Crippen molar-refractivity contribution in [3.8, 4) is 0 Å². The minimum absolute atomic E-state index is 0.0387. The molecular formula is C13H13NO4. The molecule has 1 heterocycles. The number of carbonyl (C=O) groups excluding carboxylic acids is 2. The van der Waals surface area contributed by atoms with Gasteiger partial charge < -0.3 is 4.74 Å². The first-order valence-electron chi connectivity index (χ1n) is 5.49. The van der Waals surface area contributed by atoms with E-state index >= 15 is 0 Å². The first-order chi connectivity index (χ1) is 8.70. The van der Waals surface area contributed by atoms with Crippen molar-refractivity contribution in [3.05, 3.63) is 47.7 Å². The van der Waals surface area contributed by atoms with Gasteiger partial charge in [-0.1, -0.05) is 30.3 Å². The van der Waals surface area contributed by atoms with Gasteiger partial charge in [0.15, 0.2) is 0 Å². The van der Waals surface area contributed by atoms with Crippen LogP contribution in [0.1, 0.15) is 12.0 Å². The number of hydrogen-bond acceptors (Lipinski definition) is 4. The molecule has 94 valence electrons. The highest BCUT2D eigenvalue weighted by Gasteiger charge is 2.29. The maximum Gasteiger partial charge on any atom is 0.311 e. The van der Waals surface area contributed by atoms with Gasteiger partial charge >= 0.3 is 5.97 Å². The molecule has 0 spiro atoms. The summed E-state index contributed by atoms with van der Waals surface area (Å²) in [6.07, 6.45) is 1.40. The Labute approximate surface area is 105 Å². The van der Waals surface area contributed by atoms with Crippen molar-refractivity contribution in [2.24, 2.45) is 0 Å². The topological polar surface area (TPSA) is 55.8 Å². The average molecular weight is 247 g/mol. The first kappa shape index (κ1) is 12.3. The van der Waals surface area contributed by atoms with Crippen LogP contribution < -0.4 is 0 Å². The second-order valence-electron chi connectivity index (χ2n) is 3.78. The summed E-state index contributed by atoms with van der Waals surface area (Å²) in [6.45, 7) is 0.283. The van der Waals surface area contributed by atoms with E-state index in [2.05, 4.69) is 4.74 Å². The molecule has 5 nitrogen and oxygen atoms in total. The van der Waals surface area contributed by atoms with Gasteiger partial charge in [0.2, 0.25) is 0 Å². The number of nitrogens with zero attached hydrogens (tertiary/aromatic N) is 1. The highest BCUT2D eigenvalue weighted by Crippen LogP contribution is 2.21. The molecule has 0 aliphatic carbocycles. The third-order valence-electron chi connectivity index (χ3n) is 2.51.